The van der Waals surface area contributed by atoms with E-state index in [9.17, 15) is 23.2 Å². The minimum Gasteiger partial charge on any atom is -0.478 e. The van der Waals surface area contributed by atoms with Crippen molar-refractivity contribution in [2.45, 2.75) is 19.3 Å². The molecule has 0 aliphatic carbocycles. The maximum Gasteiger partial charge on any atom is 0.328 e. The minimum absolute atomic E-state index is 0.00375. The van der Waals surface area contributed by atoms with Crippen molar-refractivity contribution in [3.05, 3.63) is 87.6 Å². The number of para-hydroxylation sites is 1. The Labute approximate surface area is 198 Å². The van der Waals surface area contributed by atoms with Crippen LogP contribution in [0.1, 0.15) is 37.6 Å². The van der Waals surface area contributed by atoms with E-state index in [-0.39, 0.29) is 29.3 Å². The second-order valence-corrected chi connectivity index (χ2v) is 8.70. The number of rotatable bonds is 4. The fourth-order valence-electron chi connectivity index (χ4n) is 3.80. The number of nitrogens with one attached hydrogen (secondary N) is 1. The lowest BCUT2D eigenvalue weighted by molar-refractivity contribution is -0.131. The highest BCUT2D eigenvalue weighted by molar-refractivity contribution is 7.12. The molecule has 0 fully saturated rings. The highest BCUT2D eigenvalue weighted by atomic mass is 32.1. The summed E-state index contributed by atoms with van der Waals surface area (Å²) in [5.74, 6) is -5.67. The Balaban J connectivity index is 1.62. The number of anilines is 2. The molecule has 34 heavy (non-hydrogen) atoms. The van der Waals surface area contributed by atoms with Crippen molar-refractivity contribution in [3.63, 3.8) is 0 Å². The van der Waals surface area contributed by atoms with Crippen LogP contribution in [0.5, 0.6) is 0 Å². The van der Waals surface area contributed by atoms with Gasteiger partial charge in [0.05, 0.1) is 10.6 Å². The Kier molecular flexibility index (Phi) is 6.30. The van der Waals surface area contributed by atoms with E-state index >= 15 is 0 Å². The summed E-state index contributed by atoms with van der Waals surface area (Å²) < 4.78 is 29.6. The molecule has 0 spiro atoms. The van der Waals surface area contributed by atoms with Crippen molar-refractivity contribution in [1.82, 2.24) is 0 Å². The van der Waals surface area contributed by atoms with Crippen LogP contribution < -0.4 is 10.2 Å². The number of allylic oxidation sites excluding steroid dienone is 1. The summed E-state index contributed by atoms with van der Waals surface area (Å²) in [6.45, 7) is 1.54. The van der Waals surface area contributed by atoms with Gasteiger partial charge in [-0.15, -0.1) is 11.3 Å². The molecule has 0 atom stereocenters. The largest absolute Gasteiger partial charge is 0.478 e. The van der Waals surface area contributed by atoms with Gasteiger partial charge in [-0.3, -0.25) is 9.59 Å². The minimum atomic E-state index is -3.42. The zero-order valence-corrected chi connectivity index (χ0v) is 18.9. The number of amides is 2. The predicted molar refractivity (Wildman–Crippen MR) is 127 cm³/mol. The quantitative estimate of drug-likeness (QED) is 0.484. The number of nitrogens with zero attached hydrogens (tertiary/aromatic N) is 1. The topological polar surface area (TPSA) is 86.7 Å². The summed E-state index contributed by atoms with van der Waals surface area (Å²) in [6, 6.07) is 14.0. The third-order valence-electron chi connectivity index (χ3n) is 5.50. The number of alkyl halides is 2. The maximum atomic E-state index is 14.8. The zero-order valence-electron chi connectivity index (χ0n) is 18.0. The monoisotopic (exact) mass is 482 g/mol. The number of carboxylic acids is 1. The normalized spacial score (nSPS) is 16.0. The van der Waals surface area contributed by atoms with E-state index < -0.39 is 29.8 Å². The SMILES string of the molecule is Cc1ccsc1C(=O)Nc1ccc(C(=O)N2CCC(F)(F)C(=CC(=O)O)c3ccccc32)cc1. The lowest BCUT2D eigenvalue weighted by atomic mass is 9.97. The number of aryl methyl sites for hydroxylation is 1. The standard InChI is InChI=1S/C25H20F2N2O4S/c1-15-10-13-34-22(15)23(32)28-17-8-6-16(7-9-17)24(33)29-12-11-25(26,27)19(14-21(30)31)18-4-2-3-5-20(18)29/h2-10,13-14H,11-12H2,1H3,(H,28,32)(H,30,31). The summed E-state index contributed by atoms with van der Waals surface area (Å²) in [4.78, 5) is 38.7. The summed E-state index contributed by atoms with van der Waals surface area (Å²) in [6.07, 6.45) is -0.222. The van der Waals surface area contributed by atoms with E-state index in [1.54, 1.807) is 18.2 Å². The second-order valence-electron chi connectivity index (χ2n) is 7.79. The van der Waals surface area contributed by atoms with Gasteiger partial charge in [-0.2, -0.15) is 0 Å². The molecule has 1 aromatic heterocycles. The van der Waals surface area contributed by atoms with E-state index in [0.717, 1.165) is 5.56 Å². The zero-order chi connectivity index (χ0) is 24.5. The molecule has 174 valence electrons. The molecule has 4 rings (SSSR count). The van der Waals surface area contributed by atoms with Gasteiger partial charge in [0, 0.05) is 41.4 Å². The van der Waals surface area contributed by atoms with Crippen LogP contribution in [0.2, 0.25) is 0 Å². The second kappa shape index (κ2) is 9.18. The first-order valence-corrected chi connectivity index (χ1v) is 11.2. The van der Waals surface area contributed by atoms with E-state index in [1.807, 2.05) is 18.4 Å². The smallest absolute Gasteiger partial charge is 0.328 e. The molecule has 0 saturated heterocycles. The number of thiophene rings is 1. The number of aliphatic carboxylic acids is 1. The van der Waals surface area contributed by atoms with Gasteiger partial charge in [0.2, 0.25) is 0 Å². The first kappa shape index (κ1) is 23.3. The molecule has 2 amide bonds. The van der Waals surface area contributed by atoms with Gasteiger partial charge in [-0.05, 0) is 54.3 Å². The van der Waals surface area contributed by atoms with Crippen LogP contribution >= 0.6 is 11.3 Å². The van der Waals surface area contributed by atoms with Gasteiger partial charge in [0.1, 0.15) is 0 Å². The van der Waals surface area contributed by atoms with E-state index in [2.05, 4.69) is 5.32 Å². The van der Waals surface area contributed by atoms with Crippen LogP contribution in [0, 0.1) is 6.92 Å². The fraction of sp³-hybridized carbons (Fsp3) is 0.160. The van der Waals surface area contributed by atoms with Gasteiger partial charge in [-0.1, -0.05) is 18.2 Å². The number of carbonyl (C=O) groups is 3. The van der Waals surface area contributed by atoms with Crippen LogP contribution in [0.3, 0.4) is 0 Å². The van der Waals surface area contributed by atoms with Crippen molar-refractivity contribution >= 4 is 46.1 Å². The number of hydrogen-bond acceptors (Lipinski definition) is 4. The number of carboxylic acid groups (broad SMARTS) is 1. The molecule has 2 N–H and O–H groups in total. The summed E-state index contributed by atoms with van der Waals surface area (Å²) in [7, 11) is 0. The highest BCUT2D eigenvalue weighted by Crippen LogP contribution is 2.43. The van der Waals surface area contributed by atoms with Crippen LogP contribution in [-0.4, -0.2) is 35.4 Å². The van der Waals surface area contributed by atoms with Crippen molar-refractivity contribution in [1.29, 1.82) is 0 Å². The first-order chi connectivity index (χ1) is 16.2. The Hall–Kier alpha value is -3.85. The summed E-state index contributed by atoms with van der Waals surface area (Å²) >= 11 is 1.33. The number of benzene rings is 2. The molecule has 1 aliphatic heterocycles. The van der Waals surface area contributed by atoms with Crippen LogP contribution in [-0.2, 0) is 4.79 Å². The first-order valence-electron chi connectivity index (χ1n) is 10.4. The van der Waals surface area contributed by atoms with Gasteiger partial charge >= 0.3 is 5.97 Å². The van der Waals surface area contributed by atoms with Crippen LogP contribution in [0.15, 0.2) is 66.1 Å². The molecule has 2 heterocycles. The molecule has 2 aromatic carbocycles. The number of halogens is 2. The summed E-state index contributed by atoms with van der Waals surface area (Å²) in [5, 5.41) is 13.7. The Morgan fingerprint density at radius 2 is 1.79 bits per heavy atom. The van der Waals surface area contributed by atoms with Crippen molar-refractivity contribution in [3.8, 4) is 0 Å². The van der Waals surface area contributed by atoms with Crippen molar-refractivity contribution in [2.75, 3.05) is 16.8 Å². The number of fused-ring (bicyclic) bond motifs is 1. The van der Waals surface area contributed by atoms with E-state index in [0.29, 0.717) is 16.6 Å². The molecule has 0 radical (unpaired) electrons. The maximum absolute atomic E-state index is 14.8. The lowest BCUT2D eigenvalue weighted by Gasteiger charge is -2.23. The highest BCUT2D eigenvalue weighted by Gasteiger charge is 2.41. The Bertz CT molecular complexity index is 1300. The molecule has 9 heteroatoms. The van der Waals surface area contributed by atoms with Crippen molar-refractivity contribution < 1.29 is 28.3 Å². The molecule has 1 aliphatic rings. The van der Waals surface area contributed by atoms with Crippen molar-refractivity contribution in [2.24, 2.45) is 0 Å². The predicted octanol–water partition coefficient (Wildman–Crippen LogP) is 5.46. The molecule has 0 saturated carbocycles. The summed E-state index contributed by atoms with van der Waals surface area (Å²) in [5.41, 5.74) is 1.17. The van der Waals surface area contributed by atoms with Crippen LogP contribution in [0.25, 0.3) is 5.57 Å². The van der Waals surface area contributed by atoms with E-state index in [1.165, 1.54) is 46.6 Å². The average Bonchev–Trinajstić information content (AvgIpc) is 3.20. The third-order valence-corrected chi connectivity index (χ3v) is 6.51. The molecule has 6 nitrogen and oxygen atoms in total. The molecular formula is C25H20F2N2O4S. The van der Waals surface area contributed by atoms with Gasteiger partial charge in [0.25, 0.3) is 17.7 Å². The number of carbonyl (C=O) groups excluding carboxylic acids is 2. The molecule has 3 aromatic rings. The lowest BCUT2D eigenvalue weighted by Crippen LogP contribution is -2.33. The average molecular weight is 483 g/mol. The molecule has 0 unspecified atom stereocenters. The van der Waals surface area contributed by atoms with Gasteiger partial charge in [0.15, 0.2) is 0 Å². The molecule has 0 bridgehead atoms. The van der Waals surface area contributed by atoms with Gasteiger partial charge < -0.3 is 15.3 Å². The Morgan fingerprint density at radius 3 is 2.44 bits per heavy atom. The third kappa shape index (κ3) is 4.60. The van der Waals surface area contributed by atoms with Gasteiger partial charge in [-0.25, -0.2) is 13.6 Å². The molecular weight excluding hydrogens is 462 g/mol. The number of hydrogen-bond donors (Lipinski definition) is 2. The van der Waals surface area contributed by atoms with Crippen LogP contribution in [0.4, 0.5) is 20.2 Å². The fourth-order valence-corrected chi connectivity index (χ4v) is 4.62. The van der Waals surface area contributed by atoms with E-state index in [4.69, 9.17) is 5.11 Å². The Morgan fingerprint density at radius 1 is 1.09 bits per heavy atom.